The van der Waals surface area contributed by atoms with E-state index in [0.29, 0.717) is 12.8 Å². The van der Waals surface area contributed by atoms with Crippen LogP contribution in [0.1, 0.15) is 372 Å². The second-order valence-corrected chi connectivity index (χ2v) is 21.3. The van der Waals surface area contributed by atoms with Crippen molar-refractivity contribution in [1.82, 2.24) is 0 Å². The molecule has 0 aliphatic carbocycles. The molecule has 0 heterocycles. The second kappa shape index (κ2) is 59.8. The van der Waals surface area contributed by atoms with Crippen LogP contribution in [-0.2, 0) is 14.3 Å². The van der Waals surface area contributed by atoms with Crippen molar-refractivity contribution in [2.24, 2.45) is 0 Å². The first kappa shape index (κ1) is 64.7. The summed E-state index contributed by atoms with van der Waals surface area (Å²) in [5.74, 6) is -0.791. The van der Waals surface area contributed by atoms with Crippen LogP contribution in [0.2, 0.25) is 0 Å². The van der Waals surface area contributed by atoms with Crippen molar-refractivity contribution in [3.63, 3.8) is 0 Å². The third-order valence-electron chi connectivity index (χ3n) is 14.7. The van der Waals surface area contributed by atoms with E-state index in [0.717, 1.165) is 25.7 Å². The van der Waals surface area contributed by atoms with Crippen LogP contribution in [0.3, 0.4) is 0 Å². The summed E-state index contributed by atoms with van der Waals surface area (Å²) in [6.45, 7) is 3.42. The minimum Gasteiger partial charge on any atom is -0.481 e. The van der Waals surface area contributed by atoms with Crippen LogP contribution in [0.25, 0.3) is 0 Å². The normalized spacial score (nSPS) is 11.5. The van der Waals surface area contributed by atoms with Gasteiger partial charge in [0, 0.05) is 12.8 Å². The molecule has 392 valence electrons. The SMILES string of the molecule is C=COC(=O)CCCCCCCCCCCCCCCCCCCCCCCCCCCCCCCCCCCCCCCCCCCCCCCCCCCCCCCCCCC(=O)O. The van der Waals surface area contributed by atoms with Crippen molar-refractivity contribution in [2.75, 3.05) is 0 Å². The molecule has 0 atom stereocenters. The third kappa shape index (κ3) is 60.7. The van der Waals surface area contributed by atoms with Crippen LogP contribution in [0.4, 0.5) is 0 Å². The van der Waals surface area contributed by atoms with Gasteiger partial charge in [0.1, 0.15) is 0 Å². The first-order valence-corrected chi connectivity index (χ1v) is 30.7. The van der Waals surface area contributed by atoms with Crippen LogP contribution < -0.4 is 0 Å². The van der Waals surface area contributed by atoms with Gasteiger partial charge < -0.3 is 9.84 Å². The quantitative estimate of drug-likeness (QED) is 0.0375. The number of ether oxygens (including phenoxy) is 1. The highest BCUT2D eigenvalue weighted by Crippen LogP contribution is 2.20. The summed E-state index contributed by atoms with van der Waals surface area (Å²) in [5.41, 5.74) is 0. The molecular weight excluding hydrogens is 809 g/mol. The molecule has 4 nitrogen and oxygen atoms in total. The zero-order valence-electron chi connectivity index (χ0n) is 45.0. The molecule has 0 rings (SSSR count). The lowest BCUT2D eigenvalue weighted by molar-refractivity contribution is -0.138. The van der Waals surface area contributed by atoms with Gasteiger partial charge in [0.15, 0.2) is 0 Å². The summed E-state index contributed by atoms with van der Waals surface area (Å²) in [6.07, 6.45) is 81.0. The van der Waals surface area contributed by atoms with Gasteiger partial charge in [0.25, 0.3) is 0 Å². The zero-order chi connectivity index (χ0) is 47.6. The fourth-order valence-corrected chi connectivity index (χ4v) is 10.2. The summed E-state index contributed by atoms with van der Waals surface area (Å²) in [4.78, 5) is 21.8. The monoisotopic (exact) mass is 929 g/mol. The highest BCUT2D eigenvalue weighted by Gasteiger charge is 2.02. The van der Waals surface area contributed by atoms with Gasteiger partial charge in [-0.25, -0.2) is 0 Å². The number of esters is 1. The number of carbonyl (C=O) groups excluding carboxylic acids is 1. The van der Waals surface area contributed by atoms with E-state index in [1.165, 1.54) is 340 Å². The molecule has 0 spiro atoms. The molecule has 0 fully saturated rings. The maximum atomic E-state index is 11.3. The van der Waals surface area contributed by atoms with Gasteiger partial charge in [-0.2, -0.15) is 0 Å². The predicted molar refractivity (Wildman–Crippen MR) is 292 cm³/mol. The Labute approximate surface area is 415 Å². The Morgan fingerprint density at radius 1 is 0.242 bits per heavy atom. The molecule has 0 aliphatic rings. The molecule has 4 heteroatoms. The van der Waals surface area contributed by atoms with Gasteiger partial charge in [-0.3, -0.25) is 9.59 Å². The van der Waals surface area contributed by atoms with Crippen LogP contribution in [0.15, 0.2) is 12.8 Å². The van der Waals surface area contributed by atoms with Gasteiger partial charge in [-0.1, -0.05) is 353 Å². The summed E-state index contributed by atoms with van der Waals surface area (Å²) < 4.78 is 4.76. The lowest BCUT2D eigenvalue weighted by atomic mass is 10.0. The van der Waals surface area contributed by atoms with Crippen molar-refractivity contribution >= 4 is 11.9 Å². The van der Waals surface area contributed by atoms with E-state index < -0.39 is 5.97 Å². The zero-order valence-corrected chi connectivity index (χ0v) is 45.0. The number of rotatable bonds is 60. The van der Waals surface area contributed by atoms with Crippen molar-refractivity contribution in [1.29, 1.82) is 0 Å². The molecule has 0 unspecified atom stereocenters. The number of carbonyl (C=O) groups is 2. The molecule has 0 saturated carbocycles. The van der Waals surface area contributed by atoms with Gasteiger partial charge >= 0.3 is 11.9 Å². The third-order valence-corrected chi connectivity index (χ3v) is 14.7. The lowest BCUT2D eigenvalue weighted by Gasteiger charge is -2.05. The maximum absolute atomic E-state index is 11.3. The fourth-order valence-electron chi connectivity index (χ4n) is 10.2. The van der Waals surface area contributed by atoms with E-state index in [-0.39, 0.29) is 5.97 Å². The van der Waals surface area contributed by atoms with E-state index in [2.05, 4.69) is 6.58 Å². The Hall–Kier alpha value is -1.32. The molecule has 0 saturated heterocycles. The molecule has 0 amide bonds. The van der Waals surface area contributed by atoms with E-state index >= 15 is 0 Å². The summed E-state index contributed by atoms with van der Waals surface area (Å²) in [7, 11) is 0. The Morgan fingerprint density at radius 3 is 0.485 bits per heavy atom. The summed E-state index contributed by atoms with van der Waals surface area (Å²) in [6, 6.07) is 0. The van der Waals surface area contributed by atoms with Crippen molar-refractivity contribution in [3.05, 3.63) is 12.8 Å². The molecule has 0 bridgehead atoms. The van der Waals surface area contributed by atoms with Gasteiger partial charge in [-0.15, -0.1) is 0 Å². The van der Waals surface area contributed by atoms with Gasteiger partial charge in [-0.05, 0) is 12.8 Å². The highest BCUT2D eigenvalue weighted by molar-refractivity contribution is 5.69. The topological polar surface area (TPSA) is 63.6 Å². The van der Waals surface area contributed by atoms with E-state index in [4.69, 9.17) is 9.84 Å². The van der Waals surface area contributed by atoms with E-state index in [9.17, 15) is 9.59 Å². The average Bonchev–Trinajstić information content (AvgIpc) is 3.31. The van der Waals surface area contributed by atoms with E-state index in [1.54, 1.807) is 0 Å². The number of aliphatic carboxylic acids is 1. The number of carboxylic acids is 1. The van der Waals surface area contributed by atoms with Gasteiger partial charge in [0.05, 0.1) is 6.26 Å². The molecule has 66 heavy (non-hydrogen) atoms. The lowest BCUT2D eigenvalue weighted by Crippen LogP contribution is -1.98. The minimum absolute atomic E-state index is 0.143. The Bertz CT molecular complexity index is 931. The van der Waals surface area contributed by atoms with Crippen LogP contribution in [0, 0.1) is 0 Å². The first-order chi connectivity index (χ1) is 32.7. The van der Waals surface area contributed by atoms with Gasteiger partial charge in [0.2, 0.25) is 0 Å². The molecule has 1 N–H and O–H groups in total. The number of carboxylic acid groups (broad SMARTS) is 1. The molecule has 0 aromatic carbocycles. The fraction of sp³-hybridized carbons (Fsp3) is 0.935. The Kier molecular flexibility index (Phi) is 58.6. The summed E-state index contributed by atoms with van der Waals surface area (Å²) in [5, 5.41) is 8.68. The Morgan fingerprint density at radius 2 is 0.364 bits per heavy atom. The molecule has 0 radical (unpaired) electrons. The standard InChI is InChI=1S/C62H120O4/c1-2-66-62(65)60-58-56-54-52-50-48-46-44-42-40-38-36-34-32-30-28-26-24-22-20-18-16-14-12-10-8-6-4-3-5-7-9-11-13-15-17-19-21-23-25-27-29-31-33-35-37-39-41-43-45-47-49-51-53-55-57-59-61(63)64/h2H,1,3-60H2,(H,63,64). The smallest absolute Gasteiger partial charge is 0.310 e. The predicted octanol–water partition coefficient (Wildman–Crippen LogP) is 22.4. The van der Waals surface area contributed by atoms with Crippen LogP contribution in [-0.4, -0.2) is 17.0 Å². The second-order valence-electron chi connectivity index (χ2n) is 21.3. The molecule has 0 aromatic heterocycles. The van der Waals surface area contributed by atoms with Crippen molar-refractivity contribution in [3.8, 4) is 0 Å². The van der Waals surface area contributed by atoms with Crippen molar-refractivity contribution in [2.45, 2.75) is 372 Å². The minimum atomic E-state index is -0.648. The number of unbranched alkanes of at least 4 members (excludes halogenated alkanes) is 55. The van der Waals surface area contributed by atoms with Crippen molar-refractivity contribution < 1.29 is 19.4 Å². The van der Waals surface area contributed by atoms with Crippen LogP contribution >= 0.6 is 0 Å². The number of hydrogen-bond donors (Lipinski definition) is 1. The Balaban J connectivity index is 3.08. The average molecular weight is 930 g/mol. The largest absolute Gasteiger partial charge is 0.481 e. The molecular formula is C62H120O4. The van der Waals surface area contributed by atoms with Crippen LogP contribution in [0.5, 0.6) is 0 Å². The first-order valence-electron chi connectivity index (χ1n) is 30.7. The summed E-state index contributed by atoms with van der Waals surface area (Å²) >= 11 is 0. The molecule has 0 aromatic rings. The number of hydrogen-bond acceptors (Lipinski definition) is 3. The molecule has 0 aliphatic heterocycles. The highest BCUT2D eigenvalue weighted by atomic mass is 16.5. The van der Waals surface area contributed by atoms with E-state index in [1.807, 2.05) is 0 Å². The maximum Gasteiger partial charge on any atom is 0.310 e.